The molecule has 0 bridgehead atoms. The molecule has 0 aliphatic rings. The number of aromatic nitrogens is 3. The van der Waals surface area contributed by atoms with Crippen LogP contribution in [0.3, 0.4) is 0 Å². The Kier molecular flexibility index (Phi) is 5.16. The smallest absolute Gasteiger partial charge is 0.255 e. The summed E-state index contributed by atoms with van der Waals surface area (Å²) >= 11 is 0. The fourth-order valence-electron chi connectivity index (χ4n) is 2.82. The molecule has 1 amide bonds. The van der Waals surface area contributed by atoms with Gasteiger partial charge in [0.2, 0.25) is 5.88 Å². The van der Waals surface area contributed by atoms with E-state index < -0.39 is 5.82 Å². The summed E-state index contributed by atoms with van der Waals surface area (Å²) in [6, 6.07) is 5.10. The second-order valence-electron chi connectivity index (χ2n) is 6.02. The normalized spacial score (nSPS) is 10.9. The lowest BCUT2D eigenvalue weighted by molar-refractivity contribution is 0.0955. The van der Waals surface area contributed by atoms with Gasteiger partial charge in [0.1, 0.15) is 11.3 Å². The molecule has 0 aromatic carbocycles. The summed E-state index contributed by atoms with van der Waals surface area (Å²) in [5, 5.41) is 2.87. The number of nitrogens with zero attached hydrogens (tertiary/aromatic N) is 3. The van der Waals surface area contributed by atoms with Crippen molar-refractivity contribution < 1.29 is 13.9 Å². The van der Waals surface area contributed by atoms with Crippen LogP contribution in [0.1, 0.15) is 35.0 Å². The number of aryl methyl sites for hydroxylation is 1. The van der Waals surface area contributed by atoms with Gasteiger partial charge in [-0.1, -0.05) is 6.92 Å². The molecule has 3 aromatic rings. The minimum absolute atomic E-state index is 0.172. The second kappa shape index (κ2) is 7.51. The fourth-order valence-corrected chi connectivity index (χ4v) is 2.82. The highest BCUT2D eigenvalue weighted by Crippen LogP contribution is 2.24. The molecule has 3 aromatic heterocycles. The van der Waals surface area contributed by atoms with Crippen LogP contribution in [-0.2, 0) is 6.54 Å². The van der Waals surface area contributed by atoms with Crippen LogP contribution in [0.4, 0.5) is 4.39 Å². The number of carbonyl (C=O) groups excluding carboxylic acids is 1. The Hall–Kier alpha value is -2.96. The molecule has 0 aliphatic carbocycles. The Morgan fingerprint density at radius 2 is 2.23 bits per heavy atom. The number of pyridine rings is 2. The summed E-state index contributed by atoms with van der Waals surface area (Å²) in [6.45, 7) is 4.50. The van der Waals surface area contributed by atoms with Gasteiger partial charge < -0.3 is 14.6 Å². The van der Waals surface area contributed by atoms with Crippen molar-refractivity contribution in [2.75, 3.05) is 13.7 Å². The van der Waals surface area contributed by atoms with Gasteiger partial charge in [0, 0.05) is 24.5 Å². The fraction of sp³-hybridized carbons (Fsp3) is 0.316. The van der Waals surface area contributed by atoms with Crippen molar-refractivity contribution in [2.24, 2.45) is 0 Å². The van der Waals surface area contributed by atoms with Crippen LogP contribution in [-0.4, -0.2) is 34.1 Å². The largest absolute Gasteiger partial charge is 0.481 e. The number of halogens is 1. The Bertz CT molecular complexity index is 952. The molecule has 26 heavy (non-hydrogen) atoms. The van der Waals surface area contributed by atoms with Crippen LogP contribution in [0.25, 0.3) is 11.0 Å². The van der Waals surface area contributed by atoms with Crippen molar-refractivity contribution in [2.45, 2.75) is 26.8 Å². The van der Waals surface area contributed by atoms with Crippen LogP contribution in [0.15, 0.2) is 30.6 Å². The van der Waals surface area contributed by atoms with Crippen LogP contribution in [0.5, 0.6) is 5.88 Å². The van der Waals surface area contributed by atoms with E-state index in [4.69, 9.17) is 4.74 Å². The first-order chi connectivity index (χ1) is 12.5. The molecule has 0 radical (unpaired) electrons. The van der Waals surface area contributed by atoms with E-state index in [1.54, 1.807) is 25.4 Å². The topological polar surface area (TPSA) is 69.0 Å². The lowest BCUT2D eigenvalue weighted by atomic mass is 10.2. The van der Waals surface area contributed by atoms with Crippen LogP contribution in [0.2, 0.25) is 0 Å². The maximum atomic E-state index is 14.0. The molecule has 1 N–H and O–H groups in total. The second-order valence-corrected chi connectivity index (χ2v) is 6.02. The predicted octanol–water partition coefficient (Wildman–Crippen LogP) is 3.08. The van der Waals surface area contributed by atoms with Gasteiger partial charge in [-0.3, -0.25) is 9.78 Å². The number of ether oxygens (including phenoxy) is 1. The monoisotopic (exact) mass is 356 g/mol. The van der Waals surface area contributed by atoms with E-state index in [2.05, 4.69) is 15.3 Å². The quantitative estimate of drug-likeness (QED) is 0.737. The van der Waals surface area contributed by atoms with E-state index in [0.29, 0.717) is 35.6 Å². The molecular formula is C19H21FN4O2. The van der Waals surface area contributed by atoms with Gasteiger partial charge in [0.25, 0.3) is 5.91 Å². The number of rotatable bonds is 6. The minimum Gasteiger partial charge on any atom is -0.481 e. The molecular weight excluding hydrogens is 335 g/mol. The average Bonchev–Trinajstić information content (AvgIpc) is 3.01. The number of amides is 1. The maximum Gasteiger partial charge on any atom is 0.255 e. The van der Waals surface area contributed by atoms with E-state index in [0.717, 1.165) is 11.9 Å². The van der Waals surface area contributed by atoms with Gasteiger partial charge in [0.15, 0.2) is 0 Å². The number of carbonyl (C=O) groups is 1. The van der Waals surface area contributed by atoms with Gasteiger partial charge in [0.05, 0.1) is 30.4 Å². The van der Waals surface area contributed by atoms with Gasteiger partial charge >= 0.3 is 0 Å². The molecule has 0 atom stereocenters. The zero-order chi connectivity index (χ0) is 18.7. The molecule has 0 unspecified atom stereocenters. The summed E-state index contributed by atoms with van der Waals surface area (Å²) < 4.78 is 21.1. The standard InChI is InChI=1S/C19H21FN4O2/c1-4-7-22-18(25)14-11-24(16-6-5-8-21-17(14)16)10-13-9-15(20)12(2)23-19(13)26-3/h5-6,8-9,11H,4,7,10H2,1-3H3,(H,22,25). The summed E-state index contributed by atoms with van der Waals surface area (Å²) in [5.74, 6) is -0.197. The average molecular weight is 356 g/mol. The third-order valence-electron chi connectivity index (χ3n) is 4.14. The summed E-state index contributed by atoms with van der Waals surface area (Å²) in [6.07, 6.45) is 4.24. The summed E-state index contributed by atoms with van der Waals surface area (Å²) in [7, 11) is 1.50. The van der Waals surface area contributed by atoms with E-state index in [1.807, 2.05) is 17.6 Å². The molecule has 6 nitrogen and oxygen atoms in total. The third kappa shape index (κ3) is 3.37. The molecule has 0 spiro atoms. The zero-order valence-electron chi connectivity index (χ0n) is 15.0. The predicted molar refractivity (Wildman–Crippen MR) is 96.9 cm³/mol. The number of hydrogen-bond acceptors (Lipinski definition) is 4. The molecule has 0 saturated heterocycles. The summed E-state index contributed by atoms with van der Waals surface area (Å²) in [4.78, 5) is 20.9. The number of nitrogens with one attached hydrogen (secondary N) is 1. The van der Waals surface area contributed by atoms with E-state index in [9.17, 15) is 9.18 Å². The highest BCUT2D eigenvalue weighted by Gasteiger charge is 2.18. The number of methoxy groups -OCH3 is 1. The molecule has 0 saturated carbocycles. The first-order valence-corrected chi connectivity index (χ1v) is 8.47. The van der Waals surface area contributed by atoms with Crippen molar-refractivity contribution in [1.82, 2.24) is 19.9 Å². The lowest BCUT2D eigenvalue weighted by Gasteiger charge is -2.11. The molecule has 0 aliphatic heterocycles. The van der Waals surface area contributed by atoms with Crippen molar-refractivity contribution in [3.8, 4) is 5.88 Å². The molecule has 0 fully saturated rings. The van der Waals surface area contributed by atoms with E-state index in [-0.39, 0.29) is 11.6 Å². The highest BCUT2D eigenvalue weighted by molar-refractivity contribution is 6.05. The number of fused-ring (bicyclic) bond motifs is 1. The highest BCUT2D eigenvalue weighted by atomic mass is 19.1. The maximum absolute atomic E-state index is 14.0. The van der Waals surface area contributed by atoms with Crippen LogP contribution < -0.4 is 10.1 Å². The Labute approximate surface area is 151 Å². The third-order valence-corrected chi connectivity index (χ3v) is 4.14. The van der Waals surface area contributed by atoms with E-state index >= 15 is 0 Å². The van der Waals surface area contributed by atoms with Crippen molar-refractivity contribution in [3.63, 3.8) is 0 Å². The summed E-state index contributed by atoms with van der Waals surface area (Å²) in [5.41, 5.74) is 2.77. The van der Waals surface area contributed by atoms with Gasteiger partial charge in [-0.05, 0) is 31.5 Å². The zero-order valence-corrected chi connectivity index (χ0v) is 15.0. The van der Waals surface area contributed by atoms with E-state index in [1.165, 1.54) is 13.2 Å². The van der Waals surface area contributed by atoms with Crippen molar-refractivity contribution in [1.29, 1.82) is 0 Å². The van der Waals surface area contributed by atoms with Crippen LogP contribution >= 0.6 is 0 Å². The SMILES string of the molecule is CCCNC(=O)c1cn(Cc2cc(F)c(C)nc2OC)c2cccnc12. The minimum atomic E-state index is -0.392. The van der Waals surface area contributed by atoms with Crippen LogP contribution in [0, 0.1) is 12.7 Å². The Morgan fingerprint density at radius 3 is 2.96 bits per heavy atom. The van der Waals surface area contributed by atoms with Gasteiger partial charge in [-0.2, -0.15) is 0 Å². The van der Waals surface area contributed by atoms with Gasteiger partial charge in [-0.25, -0.2) is 9.37 Å². The molecule has 7 heteroatoms. The first kappa shape index (κ1) is 17.8. The van der Waals surface area contributed by atoms with Crippen molar-refractivity contribution >= 4 is 16.9 Å². The molecule has 3 rings (SSSR count). The Morgan fingerprint density at radius 1 is 1.42 bits per heavy atom. The van der Waals surface area contributed by atoms with Gasteiger partial charge in [-0.15, -0.1) is 0 Å². The number of hydrogen-bond donors (Lipinski definition) is 1. The first-order valence-electron chi connectivity index (χ1n) is 8.47. The van der Waals surface area contributed by atoms with Crippen molar-refractivity contribution in [3.05, 3.63) is 53.2 Å². The lowest BCUT2D eigenvalue weighted by Crippen LogP contribution is -2.23. The molecule has 136 valence electrons. The Balaban J connectivity index is 2.04. The molecule has 3 heterocycles.